The molecule has 10 nitrogen and oxygen atoms in total. The van der Waals surface area contributed by atoms with E-state index < -0.39 is 48.6 Å². The van der Waals surface area contributed by atoms with E-state index in [0.29, 0.717) is 31.6 Å². The predicted octanol–water partition coefficient (Wildman–Crippen LogP) is -0.653. The van der Waals surface area contributed by atoms with Crippen LogP contribution in [0.5, 0.6) is 0 Å². The molecule has 1 fully saturated rings. The van der Waals surface area contributed by atoms with Crippen LogP contribution in [-0.4, -0.2) is 88.1 Å². The van der Waals surface area contributed by atoms with Crippen molar-refractivity contribution < 1.29 is 29.4 Å². The summed E-state index contributed by atoms with van der Waals surface area (Å²) in [4.78, 5) is 51.1. The van der Waals surface area contributed by atoms with Crippen molar-refractivity contribution in [1.82, 2.24) is 15.5 Å². The minimum Gasteiger partial charge on any atom is -0.480 e. The molecule has 0 aromatic heterocycles. The molecule has 182 valence electrons. The number of nitrogens with one attached hydrogen (secondary N) is 2. The Morgan fingerprint density at radius 3 is 2.48 bits per heavy atom. The molecule has 1 aromatic carbocycles. The molecule has 33 heavy (non-hydrogen) atoms. The van der Waals surface area contributed by atoms with E-state index in [-0.39, 0.29) is 12.3 Å². The Kier molecular flexibility index (Phi) is 10.6. The standard InChI is InChI=1S/C22H32N4O6S/c1-33-11-9-16(19(28)25-17(13-27)22(31)32)24-20(29)18-8-5-10-26(18)21(30)15(23)12-14-6-3-2-4-7-14/h2-4,6-7,15-18,27H,5,8-13,23H2,1H3,(H,24,29)(H,25,28)(H,31,32). The van der Waals surface area contributed by atoms with Crippen LogP contribution in [0.25, 0.3) is 0 Å². The number of nitrogens with two attached hydrogens (primary N) is 1. The quantitative estimate of drug-likeness (QED) is 0.263. The van der Waals surface area contributed by atoms with Gasteiger partial charge in [0.2, 0.25) is 17.7 Å². The summed E-state index contributed by atoms with van der Waals surface area (Å²) < 4.78 is 0. The van der Waals surface area contributed by atoms with E-state index in [1.54, 1.807) is 0 Å². The first kappa shape index (κ1) is 26.6. The summed E-state index contributed by atoms with van der Waals surface area (Å²) in [5.74, 6) is -2.33. The fourth-order valence-electron chi connectivity index (χ4n) is 3.70. The number of amides is 3. The molecule has 0 aliphatic carbocycles. The second-order valence-electron chi connectivity index (χ2n) is 7.91. The van der Waals surface area contributed by atoms with Gasteiger partial charge in [-0.3, -0.25) is 14.4 Å². The maximum absolute atomic E-state index is 13.0. The number of carbonyl (C=O) groups excluding carboxylic acids is 3. The molecule has 0 radical (unpaired) electrons. The van der Waals surface area contributed by atoms with E-state index in [1.807, 2.05) is 36.6 Å². The molecule has 1 heterocycles. The van der Waals surface area contributed by atoms with Crippen molar-refractivity contribution in [2.45, 2.75) is 49.9 Å². The molecule has 4 atom stereocenters. The third-order valence-electron chi connectivity index (χ3n) is 5.49. The molecule has 1 aliphatic heterocycles. The van der Waals surface area contributed by atoms with E-state index in [1.165, 1.54) is 16.7 Å². The first-order chi connectivity index (χ1) is 15.8. The number of carboxylic acid groups (broad SMARTS) is 1. The summed E-state index contributed by atoms with van der Waals surface area (Å²) in [6, 6.07) is 5.37. The van der Waals surface area contributed by atoms with Gasteiger partial charge >= 0.3 is 5.97 Å². The van der Waals surface area contributed by atoms with E-state index in [9.17, 15) is 19.2 Å². The summed E-state index contributed by atoms with van der Waals surface area (Å²) in [7, 11) is 0. The van der Waals surface area contributed by atoms with E-state index >= 15 is 0 Å². The molecule has 1 aliphatic rings. The van der Waals surface area contributed by atoms with Crippen molar-refractivity contribution in [3.63, 3.8) is 0 Å². The Balaban J connectivity index is 2.05. The zero-order valence-electron chi connectivity index (χ0n) is 18.6. The number of carboxylic acids is 1. The summed E-state index contributed by atoms with van der Waals surface area (Å²) in [6.07, 6.45) is 3.54. The average Bonchev–Trinajstić information content (AvgIpc) is 3.29. The first-order valence-electron chi connectivity index (χ1n) is 10.8. The minimum atomic E-state index is -1.47. The smallest absolute Gasteiger partial charge is 0.328 e. The predicted molar refractivity (Wildman–Crippen MR) is 124 cm³/mol. The molecular formula is C22H32N4O6S. The van der Waals surface area contributed by atoms with Gasteiger partial charge < -0.3 is 31.5 Å². The summed E-state index contributed by atoms with van der Waals surface area (Å²) in [5, 5.41) is 23.1. The Morgan fingerprint density at radius 1 is 1.18 bits per heavy atom. The Labute approximate surface area is 197 Å². The van der Waals surface area contributed by atoms with E-state index in [2.05, 4.69) is 10.6 Å². The molecule has 1 saturated heterocycles. The lowest BCUT2D eigenvalue weighted by atomic mass is 10.0. The second-order valence-corrected chi connectivity index (χ2v) is 8.90. The number of aliphatic hydroxyl groups excluding tert-OH is 1. The molecule has 4 unspecified atom stereocenters. The number of hydrogen-bond acceptors (Lipinski definition) is 7. The van der Waals surface area contributed by atoms with Crippen LogP contribution in [0.3, 0.4) is 0 Å². The molecule has 11 heteroatoms. The van der Waals surface area contributed by atoms with Crippen molar-refractivity contribution in [1.29, 1.82) is 0 Å². The highest BCUT2D eigenvalue weighted by atomic mass is 32.2. The van der Waals surface area contributed by atoms with E-state index in [4.69, 9.17) is 15.9 Å². The van der Waals surface area contributed by atoms with Crippen LogP contribution in [0, 0.1) is 0 Å². The van der Waals surface area contributed by atoms with Crippen LogP contribution in [0.15, 0.2) is 30.3 Å². The van der Waals surface area contributed by atoms with Crippen LogP contribution in [0.2, 0.25) is 0 Å². The van der Waals surface area contributed by atoms with Gasteiger partial charge in [-0.05, 0) is 43.3 Å². The molecule has 6 N–H and O–H groups in total. The molecule has 0 saturated carbocycles. The molecular weight excluding hydrogens is 448 g/mol. The number of nitrogens with zero attached hydrogens (tertiary/aromatic N) is 1. The third kappa shape index (κ3) is 7.72. The van der Waals surface area contributed by atoms with Crippen LogP contribution >= 0.6 is 11.8 Å². The van der Waals surface area contributed by atoms with Gasteiger partial charge in [-0.15, -0.1) is 0 Å². The van der Waals surface area contributed by atoms with Gasteiger partial charge in [0.25, 0.3) is 0 Å². The molecule has 0 spiro atoms. The Bertz CT molecular complexity index is 824. The van der Waals surface area contributed by atoms with Gasteiger partial charge in [-0.1, -0.05) is 30.3 Å². The zero-order chi connectivity index (χ0) is 24.4. The fraction of sp³-hybridized carbons (Fsp3) is 0.545. The molecule has 3 amide bonds. The van der Waals surface area contributed by atoms with Gasteiger partial charge in [0.05, 0.1) is 12.6 Å². The average molecular weight is 481 g/mol. The van der Waals surface area contributed by atoms with Crippen molar-refractivity contribution >= 4 is 35.5 Å². The van der Waals surface area contributed by atoms with Crippen molar-refractivity contribution in [3.8, 4) is 0 Å². The van der Waals surface area contributed by atoms with Gasteiger partial charge in [0, 0.05) is 6.54 Å². The number of carbonyl (C=O) groups is 4. The van der Waals surface area contributed by atoms with Gasteiger partial charge in [0.1, 0.15) is 18.1 Å². The summed E-state index contributed by atoms with van der Waals surface area (Å²) in [6.45, 7) is -0.374. The SMILES string of the molecule is CSCCC(NC(=O)C1CCCN1C(=O)C(N)Cc1ccccc1)C(=O)NC(CO)C(=O)O. The fourth-order valence-corrected chi connectivity index (χ4v) is 4.17. The highest BCUT2D eigenvalue weighted by Crippen LogP contribution is 2.20. The van der Waals surface area contributed by atoms with Crippen molar-refractivity contribution in [2.75, 3.05) is 25.2 Å². The lowest BCUT2D eigenvalue weighted by molar-refractivity contribution is -0.144. The number of benzene rings is 1. The van der Waals surface area contributed by atoms with Crippen molar-refractivity contribution in [2.24, 2.45) is 5.73 Å². The number of aliphatic carboxylic acids is 1. The molecule has 2 rings (SSSR count). The molecule has 1 aromatic rings. The third-order valence-corrected chi connectivity index (χ3v) is 6.14. The lowest BCUT2D eigenvalue weighted by Gasteiger charge is -2.28. The molecule has 0 bridgehead atoms. The summed E-state index contributed by atoms with van der Waals surface area (Å²) >= 11 is 1.47. The maximum atomic E-state index is 13.0. The van der Waals surface area contributed by atoms with Gasteiger partial charge in [-0.25, -0.2) is 4.79 Å². The lowest BCUT2D eigenvalue weighted by Crippen LogP contribution is -2.57. The van der Waals surface area contributed by atoms with Crippen LogP contribution in [0.4, 0.5) is 0 Å². The van der Waals surface area contributed by atoms with Crippen molar-refractivity contribution in [3.05, 3.63) is 35.9 Å². The maximum Gasteiger partial charge on any atom is 0.328 e. The first-order valence-corrected chi connectivity index (χ1v) is 12.2. The minimum absolute atomic E-state index is 0.269. The topological polar surface area (TPSA) is 162 Å². The van der Waals surface area contributed by atoms with Crippen LogP contribution in [-0.2, 0) is 25.6 Å². The normalized spacial score (nSPS) is 18.3. The number of thioether (sulfide) groups is 1. The van der Waals surface area contributed by atoms with Gasteiger partial charge in [0.15, 0.2) is 0 Å². The van der Waals surface area contributed by atoms with E-state index in [0.717, 1.165) is 5.56 Å². The zero-order valence-corrected chi connectivity index (χ0v) is 19.4. The monoisotopic (exact) mass is 480 g/mol. The van der Waals surface area contributed by atoms with Crippen LogP contribution in [0.1, 0.15) is 24.8 Å². The number of rotatable bonds is 12. The number of aliphatic hydroxyl groups is 1. The highest BCUT2D eigenvalue weighted by molar-refractivity contribution is 7.98. The Morgan fingerprint density at radius 2 is 1.88 bits per heavy atom. The second kappa shape index (κ2) is 13.2. The number of hydrogen-bond donors (Lipinski definition) is 5. The Hall–Kier alpha value is -2.63. The van der Waals surface area contributed by atoms with Gasteiger partial charge in [-0.2, -0.15) is 11.8 Å². The van der Waals surface area contributed by atoms with Crippen LogP contribution < -0.4 is 16.4 Å². The summed E-state index contributed by atoms with van der Waals surface area (Å²) in [5.41, 5.74) is 7.06. The highest BCUT2D eigenvalue weighted by Gasteiger charge is 2.37. The number of likely N-dealkylation sites (tertiary alicyclic amines) is 1. The largest absolute Gasteiger partial charge is 0.480 e.